The summed E-state index contributed by atoms with van der Waals surface area (Å²) < 4.78 is 0. The molecule has 2 aromatic rings. The van der Waals surface area contributed by atoms with Gasteiger partial charge in [0.15, 0.2) is 0 Å². The van der Waals surface area contributed by atoms with Crippen LogP contribution in [0.5, 0.6) is 0 Å². The van der Waals surface area contributed by atoms with Gasteiger partial charge in [-0.15, -0.1) is 0 Å². The molecule has 2 aromatic carbocycles. The lowest BCUT2D eigenvalue weighted by molar-refractivity contribution is -0.137. The Labute approximate surface area is 145 Å². The van der Waals surface area contributed by atoms with Gasteiger partial charge >= 0.3 is 5.97 Å². The minimum atomic E-state index is -0.964. The summed E-state index contributed by atoms with van der Waals surface area (Å²) in [6.45, 7) is 2.03. The lowest BCUT2D eigenvalue weighted by atomic mass is 10.1. The van der Waals surface area contributed by atoms with E-state index in [4.69, 9.17) is 10.8 Å². The topological polar surface area (TPSA) is 92.4 Å². The predicted molar refractivity (Wildman–Crippen MR) is 95.2 cm³/mol. The van der Waals surface area contributed by atoms with Crippen molar-refractivity contribution in [1.29, 1.82) is 0 Å². The van der Waals surface area contributed by atoms with Gasteiger partial charge in [-0.3, -0.25) is 9.59 Å². The smallest absolute Gasteiger partial charge is 0.303 e. The Balaban J connectivity index is 2.06. The molecule has 1 atom stereocenters. The van der Waals surface area contributed by atoms with E-state index >= 15 is 0 Å². The molecule has 0 radical (unpaired) electrons. The van der Waals surface area contributed by atoms with Crippen LogP contribution in [0.4, 0.5) is 5.69 Å². The molecule has 5 nitrogen and oxygen atoms in total. The molecular formula is C18H20N2O3S. The van der Waals surface area contributed by atoms with Crippen LogP contribution < -0.4 is 11.1 Å². The first kappa shape index (κ1) is 18.0. The van der Waals surface area contributed by atoms with Crippen molar-refractivity contribution in [1.82, 2.24) is 0 Å². The first-order valence-corrected chi connectivity index (χ1v) is 8.39. The van der Waals surface area contributed by atoms with Gasteiger partial charge in [0, 0.05) is 16.2 Å². The zero-order valence-electron chi connectivity index (χ0n) is 13.4. The molecule has 2 rings (SSSR count). The van der Waals surface area contributed by atoms with E-state index < -0.39 is 12.0 Å². The molecule has 0 aliphatic rings. The number of hydrogen-bond donors (Lipinski definition) is 3. The van der Waals surface area contributed by atoms with Crippen LogP contribution in [0.1, 0.15) is 18.4 Å². The zero-order valence-corrected chi connectivity index (χ0v) is 14.2. The predicted octanol–water partition coefficient (Wildman–Crippen LogP) is 3.28. The van der Waals surface area contributed by atoms with Crippen LogP contribution in [0.25, 0.3) is 0 Å². The van der Waals surface area contributed by atoms with Gasteiger partial charge in [-0.2, -0.15) is 0 Å². The minimum Gasteiger partial charge on any atom is -0.481 e. The van der Waals surface area contributed by atoms with Crippen molar-refractivity contribution in [2.75, 3.05) is 5.32 Å². The summed E-state index contributed by atoms with van der Waals surface area (Å²) in [7, 11) is 0. The van der Waals surface area contributed by atoms with E-state index in [2.05, 4.69) is 5.32 Å². The standard InChI is InChI=1S/C18H20N2O3S/c1-12-6-8-13(9-7-12)24-16-5-3-2-4-15(16)20-18(23)14(19)10-11-17(21)22/h2-9,14H,10-11,19H2,1H3,(H,20,23)(H,21,22)/t14-/m0/s1. The number of rotatable bonds is 7. The van der Waals surface area contributed by atoms with Crippen molar-refractivity contribution in [2.24, 2.45) is 5.73 Å². The van der Waals surface area contributed by atoms with Crippen LogP contribution in [-0.4, -0.2) is 23.0 Å². The molecule has 4 N–H and O–H groups in total. The average molecular weight is 344 g/mol. The fourth-order valence-electron chi connectivity index (χ4n) is 2.03. The van der Waals surface area contributed by atoms with Crippen molar-refractivity contribution >= 4 is 29.3 Å². The van der Waals surface area contributed by atoms with Crippen molar-refractivity contribution in [2.45, 2.75) is 35.6 Å². The molecule has 1 amide bonds. The Morgan fingerprint density at radius 1 is 1.17 bits per heavy atom. The third-order valence-electron chi connectivity index (χ3n) is 3.40. The Hall–Kier alpha value is -2.31. The van der Waals surface area contributed by atoms with Crippen LogP contribution in [0.3, 0.4) is 0 Å². The van der Waals surface area contributed by atoms with Crippen LogP contribution in [0.15, 0.2) is 58.3 Å². The van der Waals surface area contributed by atoms with E-state index in [1.54, 1.807) is 17.8 Å². The molecule has 24 heavy (non-hydrogen) atoms. The molecule has 0 unspecified atom stereocenters. The summed E-state index contributed by atoms with van der Waals surface area (Å²) in [6.07, 6.45) is -0.0250. The molecule has 0 aliphatic heterocycles. The molecule has 0 saturated heterocycles. The Kier molecular flexibility index (Phi) is 6.40. The summed E-state index contributed by atoms with van der Waals surface area (Å²) in [5.74, 6) is -1.35. The van der Waals surface area contributed by atoms with Gasteiger partial charge < -0.3 is 16.2 Å². The second-order valence-electron chi connectivity index (χ2n) is 5.44. The maximum Gasteiger partial charge on any atom is 0.303 e. The van der Waals surface area contributed by atoms with Gasteiger partial charge in [0.05, 0.1) is 11.7 Å². The van der Waals surface area contributed by atoms with Gasteiger partial charge in [-0.05, 0) is 37.6 Å². The van der Waals surface area contributed by atoms with E-state index in [0.29, 0.717) is 5.69 Å². The monoisotopic (exact) mass is 344 g/mol. The number of nitrogens with two attached hydrogens (primary N) is 1. The van der Waals surface area contributed by atoms with Crippen LogP contribution in [0, 0.1) is 6.92 Å². The molecule has 6 heteroatoms. The van der Waals surface area contributed by atoms with Crippen LogP contribution >= 0.6 is 11.8 Å². The number of hydrogen-bond acceptors (Lipinski definition) is 4. The Bertz CT molecular complexity index is 716. The number of carbonyl (C=O) groups excluding carboxylic acids is 1. The number of carboxylic acids is 1. The number of para-hydroxylation sites is 1. The molecule has 0 bridgehead atoms. The molecule has 0 aromatic heterocycles. The summed E-state index contributed by atoms with van der Waals surface area (Å²) in [6, 6.07) is 14.7. The average Bonchev–Trinajstić information content (AvgIpc) is 2.56. The van der Waals surface area contributed by atoms with E-state index in [0.717, 1.165) is 9.79 Å². The van der Waals surface area contributed by atoms with E-state index in [1.165, 1.54) is 5.56 Å². The quantitative estimate of drug-likeness (QED) is 0.717. The van der Waals surface area contributed by atoms with Crippen molar-refractivity contribution in [3.63, 3.8) is 0 Å². The molecule has 0 saturated carbocycles. The number of nitrogens with one attached hydrogen (secondary N) is 1. The van der Waals surface area contributed by atoms with Crippen molar-refractivity contribution < 1.29 is 14.7 Å². The van der Waals surface area contributed by atoms with Gasteiger partial charge in [0.2, 0.25) is 5.91 Å². The number of anilines is 1. The number of carbonyl (C=O) groups is 2. The summed E-state index contributed by atoms with van der Waals surface area (Å²) >= 11 is 1.55. The van der Waals surface area contributed by atoms with Crippen LogP contribution in [0.2, 0.25) is 0 Å². The van der Waals surface area contributed by atoms with Gasteiger partial charge in [-0.25, -0.2) is 0 Å². The van der Waals surface area contributed by atoms with E-state index in [1.807, 2.05) is 49.4 Å². The maximum atomic E-state index is 12.1. The number of amides is 1. The third kappa shape index (κ3) is 5.40. The zero-order chi connectivity index (χ0) is 17.5. The van der Waals surface area contributed by atoms with Crippen molar-refractivity contribution in [3.05, 3.63) is 54.1 Å². The highest BCUT2D eigenvalue weighted by atomic mass is 32.2. The summed E-state index contributed by atoms with van der Waals surface area (Å²) in [4.78, 5) is 24.7. The second kappa shape index (κ2) is 8.52. The normalized spacial score (nSPS) is 11.8. The second-order valence-corrected chi connectivity index (χ2v) is 6.55. The number of carboxylic acid groups (broad SMARTS) is 1. The SMILES string of the molecule is Cc1ccc(Sc2ccccc2NC(=O)[C@@H](N)CCC(=O)O)cc1. The fourth-order valence-corrected chi connectivity index (χ4v) is 2.93. The largest absolute Gasteiger partial charge is 0.481 e. The number of aliphatic carboxylic acids is 1. The third-order valence-corrected chi connectivity index (χ3v) is 4.48. The first-order valence-electron chi connectivity index (χ1n) is 7.57. The highest BCUT2D eigenvalue weighted by Gasteiger charge is 2.16. The highest BCUT2D eigenvalue weighted by Crippen LogP contribution is 2.33. The maximum absolute atomic E-state index is 12.1. The van der Waals surface area contributed by atoms with Gasteiger partial charge in [-0.1, -0.05) is 41.6 Å². The molecule has 0 aliphatic carbocycles. The Morgan fingerprint density at radius 2 is 1.83 bits per heavy atom. The van der Waals surface area contributed by atoms with Gasteiger partial charge in [0.1, 0.15) is 0 Å². The van der Waals surface area contributed by atoms with Crippen molar-refractivity contribution in [3.8, 4) is 0 Å². The molecular weight excluding hydrogens is 324 g/mol. The number of benzene rings is 2. The molecule has 0 heterocycles. The molecule has 126 valence electrons. The minimum absolute atomic E-state index is 0.106. The Morgan fingerprint density at radius 3 is 2.50 bits per heavy atom. The fraction of sp³-hybridized carbons (Fsp3) is 0.222. The number of aryl methyl sites for hydroxylation is 1. The van der Waals surface area contributed by atoms with E-state index in [9.17, 15) is 9.59 Å². The lowest BCUT2D eigenvalue weighted by Crippen LogP contribution is -2.36. The highest BCUT2D eigenvalue weighted by molar-refractivity contribution is 7.99. The van der Waals surface area contributed by atoms with Gasteiger partial charge in [0.25, 0.3) is 0 Å². The molecule has 0 spiro atoms. The summed E-state index contributed by atoms with van der Waals surface area (Å²) in [5, 5.41) is 11.5. The lowest BCUT2D eigenvalue weighted by Gasteiger charge is -2.14. The molecule has 0 fully saturated rings. The van der Waals surface area contributed by atoms with Crippen LogP contribution in [-0.2, 0) is 9.59 Å². The first-order chi connectivity index (χ1) is 11.5. The van der Waals surface area contributed by atoms with E-state index in [-0.39, 0.29) is 18.7 Å². The summed E-state index contributed by atoms with van der Waals surface area (Å²) in [5.41, 5.74) is 7.60.